The average Bonchev–Trinajstić information content (AvgIpc) is 2.40. The Morgan fingerprint density at radius 1 is 1.25 bits per heavy atom. The summed E-state index contributed by atoms with van der Waals surface area (Å²) in [7, 11) is 0. The molecule has 1 heterocycles. The molecule has 0 saturated heterocycles. The van der Waals surface area contributed by atoms with Crippen LogP contribution in [0.15, 0.2) is 16.6 Å². The van der Waals surface area contributed by atoms with Crippen LogP contribution in [0.1, 0.15) is 45.7 Å². The van der Waals surface area contributed by atoms with Gasteiger partial charge in [-0.3, -0.25) is 0 Å². The summed E-state index contributed by atoms with van der Waals surface area (Å²) < 4.78 is 7.05. The van der Waals surface area contributed by atoms with Crippen molar-refractivity contribution >= 4 is 15.9 Å². The van der Waals surface area contributed by atoms with E-state index >= 15 is 0 Å². The fourth-order valence-electron chi connectivity index (χ4n) is 2.14. The highest BCUT2D eigenvalue weighted by Crippen LogP contribution is 2.45. The predicted octanol–water partition coefficient (Wildman–Crippen LogP) is 4.42. The molecule has 0 radical (unpaired) electrons. The number of benzene rings is 1. The molecule has 1 aliphatic heterocycles. The molecule has 0 spiro atoms. The summed E-state index contributed by atoms with van der Waals surface area (Å²) in [6.45, 7) is 11.9. The Labute approximate surface area is 106 Å². The molecular formula is C14H19BrO. The van der Waals surface area contributed by atoms with Crippen molar-refractivity contribution < 1.29 is 4.74 Å². The van der Waals surface area contributed by atoms with E-state index in [-0.39, 0.29) is 10.8 Å². The van der Waals surface area contributed by atoms with Gasteiger partial charge in [0.2, 0.25) is 0 Å². The van der Waals surface area contributed by atoms with Gasteiger partial charge < -0.3 is 4.74 Å². The van der Waals surface area contributed by atoms with E-state index in [2.05, 4.69) is 62.7 Å². The van der Waals surface area contributed by atoms with Crippen LogP contribution in [0.2, 0.25) is 0 Å². The van der Waals surface area contributed by atoms with Gasteiger partial charge in [0.25, 0.3) is 0 Å². The van der Waals surface area contributed by atoms with Gasteiger partial charge in [-0.2, -0.15) is 0 Å². The summed E-state index contributed by atoms with van der Waals surface area (Å²) in [6, 6.07) is 4.37. The van der Waals surface area contributed by atoms with E-state index in [4.69, 9.17) is 4.74 Å². The van der Waals surface area contributed by atoms with Crippen molar-refractivity contribution in [2.24, 2.45) is 0 Å². The number of fused-ring (bicyclic) bond motifs is 1. The van der Waals surface area contributed by atoms with Gasteiger partial charge in [-0.1, -0.05) is 50.5 Å². The molecule has 1 aromatic rings. The lowest BCUT2D eigenvalue weighted by Crippen LogP contribution is -2.18. The topological polar surface area (TPSA) is 9.23 Å². The normalized spacial score (nSPS) is 18.1. The Morgan fingerprint density at radius 2 is 1.88 bits per heavy atom. The highest BCUT2D eigenvalue weighted by molar-refractivity contribution is 9.10. The quantitative estimate of drug-likeness (QED) is 0.685. The molecule has 1 aromatic carbocycles. The van der Waals surface area contributed by atoms with Gasteiger partial charge in [0, 0.05) is 21.0 Å². The van der Waals surface area contributed by atoms with Crippen LogP contribution in [0.4, 0.5) is 0 Å². The molecule has 2 heteroatoms. The first kappa shape index (κ1) is 12.0. The van der Waals surface area contributed by atoms with Crippen LogP contribution in [-0.4, -0.2) is 6.61 Å². The minimum Gasteiger partial charge on any atom is -0.492 e. The first-order valence-corrected chi connectivity index (χ1v) is 6.48. The lowest BCUT2D eigenvalue weighted by molar-refractivity contribution is 0.286. The molecule has 0 saturated carbocycles. The second-order valence-electron chi connectivity index (χ2n) is 6.25. The van der Waals surface area contributed by atoms with Crippen molar-refractivity contribution in [3.8, 4) is 5.75 Å². The standard InChI is InChI=1S/C14H19BrO/c1-13(2,3)10-6-9(15)7-11-12(10)16-8-14(11,4)5/h6-7H,8H2,1-5H3. The van der Waals surface area contributed by atoms with Gasteiger partial charge in [-0.05, 0) is 17.5 Å². The maximum atomic E-state index is 5.91. The highest BCUT2D eigenvalue weighted by atomic mass is 79.9. The van der Waals surface area contributed by atoms with E-state index in [0.29, 0.717) is 0 Å². The summed E-state index contributed by atoms with van der Waals surface area (Å²) in [4.78, 5) is 0. The fraction of sp³-hybridized carbons (Fsp3) is 0.571. The summed E-state index contributed by atoms with van der Waals surface area (Å²) >= 11 is 3.60. The molecule has 1 nitrogen and oxygen atoms in total. The van der Waals surface area contributed by atoms with Crippen LogP contribution in [0.3, 0.4) is 0 Å². The molecule has 0 unspecified atom stereocenters. The van der Waals surface area contributed by atoms with Crippen molar-refractivity contribution in [1.29, 1.82) is 0 Å². The maximum Gasteiger partial charge on any atom is 0.127 e. The van der Waals surface area contributed by atoms with Gasteiger partial charge in [0.05, 0.1) is 6.61 Å². The average molecular weight is 283 g/mol. The van der Waals surface area contributed by atoms with Crippen molar-refractivity contribution in [1.82, 2.24) is 0 Å². The number of halogens is 1. The Kier molecular flexibility index (Phi) is 2.61. The molecule has 0 amide bonds. The van der Waals surface area contributed by atoms with E-state index in [1.54, 1.807) is 0 Å². The molecule has 0 aromatic heterocycles. The fourth-order valence-corrected chi connectivity index (χ4v) is 2.60. The lowest BCUT2D eigenvalue weighted by Gasteiger charge is -2.23. The van der Waals surface area contributed by atoms with Crippen LogP contribution in [0.5, 0.6) is 5.75 Å². The second-order valence-corrected chi connectivity index (χ2v) is 7.17. The van der Waals surface area contributed by atoms with Crippen LogP contribution in [0.25, 0.3) is 0 Å². The Bertz CT molecular complexity index is 427. The third-order valence-corrected chi connectivity index (χ3v) is 3.63. The van der Waals surface area contributed by atoms with Crippen molar-refractivity contribution in [2.45, 2.75) is 45.4 Å². The SMILES string of the molecule is CC(C)(C)c1cc(Br)cc2c1OCC2(C)C. The molecule has 1 aliphatic rings. The maximum absolute atomic E-state index is 5.91. The molecule has 0 bridgehead atoms. The first-order valence-electron chi connectivity index (χ1n) is 5.69. The Hall–Kier alpha value is -0.500. The number of hydrogen-bond donors (Lipinski definition) is 0. The van der Waals surface area contributed by atoms with Gasteiger partial charge in [-0.25, -0.2) is 0 Å². The predicted molar refractivity (Wildman–Crippen MR) is 71.4 cm³/mol. The molecule has 2 rings (SSSR count). The van der Waals surface area contributed by atoms with Crippen molar-refractivity contribution in [3.63, 3.8) is 0 Å². The first-order chi connectivity index (χ1) is 7.22. The molecule has 16 heavy (non-hydrogen) atoms. The van der Waals surface area contributed by atoms with Gasteiger partial charge in [0.15, 0.2) is 0 Å². The van der Waals surface area contributed by atoms with Crippen LogP contribution >= 0.6 is 15.9 Å². The van der Waals surface area contributed by atoms with E-state index in [0.717, 1.165) is 16.8 Å². The molecular weight excluding hydrogens is 264 g/mol. The number of rotatable bonds is 0. The van der Waals surface area contributed by atoms with E-state index in [1.165, 1.54) is 11.1 Å². The molecule has 88 valence electrons. The van der Waals surface area contributed by atoms with Crippen LogP contribution in [0, 0.1) is 0 Å². The third-order valence-electron chi connectivity index (χ3n) is 3.17. The van der Waals surface area contributed by atoms with Gasteiger partial charge in [0.1, 0.15) is 5.75 Å². The smallest absolute Gasteiger partial charge is 0.127 e. The van der Waals surface area contributed by atoms with Gasteiger partial charge in [-0.15, -0.1) is 0 Å². The molecule has 0 atom stereocenters. The molecule has 0 N–H and O–H groups in total. The summed E-state index contributed by atoms with van der Waals surface area (Å²) in [5.41, 5.74) is 2.86. The minimum absolute atomic E-state index is 0.119. The van der Waals surface area contributed by atoms with E-state index in [9.17, 15) is 0 Å². The summed E-state index contributed by atoms with van der Waals surface area (Å²) in [5, 5.41) is 0. The summed E-state index contributed by atoms with van der Waals surface area (Å²) in [5.74, 6) is 1.10. The second kappa shape index (κ2) is 3.49. The lowest BCUT2D eigenvalue weighted by atomic mass is 9.81. The van der Waals surface area contributed by atoms with Crippen molar-refractivity contribution in [2.75, 3.05) is 6.61 Å². The number of ether oxygens (including phenoxy) is 1. The van der Waals surface area contributed by atoms with Gasteiger partial charge >= 0.3 is 0 Å². The minimum atomic E-state index is 0.119. The Morgan fingerprint density at radius 3 is 2.44 bits per heavy atom. The zero-order valence-corrected chi connectivity index (χ0v) is 12.2. The summed E-state index contributed by atoms with van der Waals surface area (Å²) in [6.07, 6.45) is 0. The van der Waals surface area contributed by atoms with Crippen LogP contribution < -0.4 is 4.74 Å². The molecule has 0 aliphatic carbocycles. The number of hydrogen-bond acceptors (Lipinski definition) is 1. The van der Waals surface area contributed by atoms with E-state index in [1.807, 2.05) is 0 Å². The molecule has 0 fully saturated rings. The zero-order chi connectivity index (χ0) is 12.1. The van der Waals surface area contributed by atoms with Crippen molar-refractivity contribution in [3.05, 3.63) is 27.7 Å². The van der Waals surface area contributed by atoms with E-state index < -0.39 is 0 Å². The highest BCUT2D eigenvalue weighted by Gasteiger charge is 2.35. The Balaban J connectivity index is 2.67. The largest absolute Gasteiger partial charge is 0.492 e. The zero-order valence-electron chi connectivity index (χ0n) is 10.6. The van der Waals surface area contributed by atoms with Crippen LogP contribution in [-0.2, 0) is 10.8 Å². The monoisotopic (exact) mass is 282 g/mol. The third kappa shape index (κ3) is 1.88.